The van der Waals surface area contributed by atoms with Gasteiger partial charge in [-0.15, -0.1) is 11.3 Å². The van der Waals surface area contributed by atoms with E-state index in [0.717, 1.165) is 16.2 Å². The molecule has 0 bridgehead atoms. The minimum Gasteiger partial charge on any atom is -0.382 e. The quantitative estimate of drug-likeness (QED) is 0.739. The molecule has 1 heterocycles. The molecule has 0 unspecified atom stereocenters. The third-order valence-electron chi connectivity index (χ3n) is 2.90. The summed E-state index contributed by atoms with van der Waals surface area (Å²) in [7, 11) is 0. The van der Waals surface area contributed by atoms with Crippen LogP contribution in [0.15, 0.2) is 48.5 Å². The molecule has 1 aromatic heterocycles. The maximum atomic E-state index is 4.73. The van der Waals surface area contributed by atoms with E-state index in [9.17, 15) is 0 Å². The number of benzene rings is 2. The monoisotopic (exact) mass is 268 g/mol. The number of nitrogens with zero attached hydrogens (tertiary/aromatic N) is 1. The van der Waals surface area contributed by atoms with E-state index < -0.39 is 0 Å². The first kappa shape index (κ1) is 12.2. The van der Waals surface area contributed by atoms with Gasteiger partial charge in [-0.25, -0.2) is 4.98 Å². The van der Waals surface area contributed by atoms with Gasteiger partial charge < -0.3 is 5.32 Å². The number of thiazole rings is 1. The molecule has 1 N–H and O–H groups in total. The standard InChI is InChI=1S/C16H16N2S/c1-11(2)17-13-8-4-3-7-12(13)16-18-14-9-5-6-10-15(14)19-16/h3-11,17H,1-2H3. The Labute approximate surface area is 117 Å². The Morgan fingerprint density at radius 2 is 1.74 bits per heavy atom. The second-order valence-corrected chi connectivity index (χ2v) is 5.86. The molecule has 2 aromatic carbocycles. The number of hydrogen-bond acceptors (Lipinski definition) is 3. The molecule has 3 rings (SSSR count). The summed E-state index contributed by atoms with van der Waals surface area (Å²) in [5.74, 6) is 0. The van der Waals surface area contributed by atoms with Crippen molar-refractivity contribution in [2.24, 2.45) is 0 Å². The minimum absolute atomic E-state index is 0.413. The summed E-state index contributed by atoms with van der Waals surface area (Å²) in [4.78, 5) is 4.73. The highest BCUT2D eigenvalue weighted by Gasteiger charge is 2.10. The van der Waals surface area contributed by atoms with Crippen molar-refractivity contribution >= 4 is 27.2 Å². The Bertz CT molecular complexity index is 668. The molecule has 0 aliphatic rings. The van der Waals surface area contributed by atoms with E-state index in [0.29, 0.717) is 6.04 Å². The maximum Gasteiger partial charge on any atom is 0.126 e. The fraction of sp³-hybridized carbons (Fsp3) is 0.188. The molecule has 0 fully saturated rings. The first-order valence-corrected chi connectivity index (χ1v) is 7.27. The zero-order valence-electron chi connectivity index (χ0n) is 11.1. The van der Waals surface area contributed by atoms with E-state index in [-0.39, 0.29) is 0 Å². The largest absolute Gasteiger partial charge is 0.382 e. The summed E-state index contributed by atoms with van der Waals surface area (Å²) < 4.78 is 1.23. The van der Waals surface area contributed by atoms with Crippen LogP contribution >= 0.6 is 11.3 Å². The van der Waals surface area contributed by atoms with Crippen LogP contribution in [-0.4, -0.2) is 11.0 Å². The maximum absolute atomic E-state index is 4.73. The van der Waals surface area contributed by atoms with Gasteiger partial charge in [0.1, 0.15) is 5.01 Å². The average molecular weight is 268 g/mol. The van der Waals surface area contributed by atoms with Crippen LogP contribution in [0.4, 0.5) is 5.69 Å². The van der Waals surface area contributed by atoms with Crippen LogP contribution in [0.2, 0.25) is 0 Å². The summed E-state index contributed by atoms with van der Waals surface area (Å²) in [6.07, 6.45) is 0. The first-order valence-electron chi connectivity index (χ1n) is 6.45. The summed E-state index contributed by atoms with van der Waals surface area (Å²) in [6.45, 7) is 4.30. The predicted octanol–water partition coefficient (Wildman–Crippen LogP) is 4.78. The lowest BCUT2D eigenvalue weighted by atomic mass is 10.1. The molecule has 0 aliphatic heterocycles. The number of anilines is 1. The molecule has 0 atom stereocenters. The van der Waals surface area contributed by atoms with Crippen LogP contribution < -0.4 is 5.32 Å². The highest BCUT2D eigenvalue weighted by atomic mass is 32.1. The second-order valence-electron chi connectivity index (χ2n) is 4.83. The Morgan fingerprint density at radius 1 is 1.00 bits per heavy atom. The van der Waals surface area contributed by atoms with E-state index in [4.69, 9.17) is 4.98 Å². The Hall–Kier alpha value is -1.87. The molecule has 0 aliphatic carbocycles. The van der Waals surface area contributed by atoms with E-state index in [1.165, 1.54) is 10.3 Å². The molecule has 0 saturated carbocycles. The lowest BCUT2D eigenvalue weighted by molar-refractivity contribution is 0.900. The van der Waals surface area contributed by atoms with Crippen molar-refractivity contribution in [3.8, 4) is 10.6 Å². The van der Waals surface area contributed by atoms with Crippen LogP contribution in [0.5, 0.6) is 0 Å². The third kappa shape index (κ3) is 2.47. The van der Waals surface area contributed by atoms with Crippen molar-refractivity contribution in [1.82, 2.24) is 4.98 Å². The van der Waals surface area contributed by atoms with E-state index in [1.54, 1.807) is 11.3 Å². The molecule has 96 valence electrons. The number of fused-ring (bicyclic) bond motifs is 1. The predicted molar refractivity (Wildman–Crippen MR) is 83.8 cm³/mol. The Kier molecular flexibility index (Phi) is 3.22. The van der Waals surface area contributed by atoms with Gasteiger partial charge >= 0.3 is 0 Å². The smallest absolute Gasteiger partial charge is 0.126 e. The molecular formula is C16H16N2S. The fourth-order valence-electron chi connectivity index (χ4n) is 2.09. The fourth-order valence-corrected chi connectivity index (χ4v) is 3.10. The van der Waals surface area contributed by atoms with Crippen LogP contribution in [-0.2, 0) is 0 Å². The lowest BCUT2D eigenvalue weighted by Gasteiger charge is -2.13. The number of hydrogen-bond donors (Lipinski definition) is 1. The van der Waals surface area contributed by atoms with Gasteiger partial charge in [0, 0.05) is 17.3 Å². The molecule has 19 heavy (non-hydrogen) atoms. The molecular weight excluding hydrogens is 252 g/mol. The van der Waals surface area contributed by atoms with Gasteiger partial charge in [0.2, 0.25) is 0 Å². The van der Waals surface area contributed by atoms with Crippen LogP contribution in [0.3, 0.4) is 0 Å². The number of para-hydroxylation sites is 2. The summed E-state index contributed by atoms with van der Waals surface area (Å²) in [5, 5.41) is 4.56. The molecule has 3 heteroatoms. The molecule has 0 spiro atoms. The van der Waals surface area contributed by atoms with Crippen molar-refractivity contribution < 1.29 is 0 Å². The van der Waals surface area contributed by atoms with Gasteiger partial charge in [0.05, 0.1) is 10.2 Å². The Morgan fingerprint density at radius 3 is 2.53 bits per heavy atom. The normalized spacial score (nSPS) is 11.1. The molecule has 2 nitrogen and oxygen atoms in total. The third-order valence-corrected chi connectivity index (χ3v) is 3.97. The van der Waals surface area contributed by atoms with Crippen molar-refractivity contribution in [3.63, 3.8) is 0 Å². The summed E-state index contributed by atoms with van der Waals surface area (Å²) in [6, 6.07) is 17.0. The van der Waals surface area contributed by atoms with Crippen molar-refractivity contribution in [1.29, 1.82) is 0 Å². The van der Waals surface area contributed by atoms with E-state index >= 15 is 0 Å². The van der Waals surface area contributed by atoms with Crippen molar-refractivity contribution in [2.75, 3.05) is 5.32 Å². The van der Waals surface area contributed by atoms with Crippen LogP contribution in [0, 0.1) is 0 Å². The van der Waals surface area contributed by atoms with Gasteiger partial charge in [-0.2, -0.15) is 0 Å². The number of nitrogens with one attached hydrogen (secondary N) is 1. The summed E-state index contributed by atoms with van der Waals surface area (Å²) in [5.41, 5.74) is 3.40. The summed E-state index contributed by atoms with van der Waals surface area (Å²) >= 11 is 1.74. The number of aromatic nitrogens is 1. The number of rotatable bonds is 3. The topological polar surface area (TPSA) is 24.9 Å². The lowest BCUT2D eigenvalue weighted by Crippen LogP contribution is -2.10. The van der Waals surface area contributed by atoms with Crippen molar-refractivity contribution in [2.45, 2.75) is 19.9 Å². The van der Waals surface area contributed by atoms with Gasteiger partial charge in [-0.3, -0.25) is 0 Å². The van der Waals surface area contributed by atoms with E-state index in [2.05, 4.69) is 61.6 Å². The van der Waals surface area contributed by atoms with Gasteiger partial charge in [0.15, 0.2) is 0 Å². The van der Waals surface area contributed by atoms with Crippen LogP contribution in [0.1, 0.15) is 13.8 Å². The first-order chi connectivity index (χ1) is 9.24. The molecule has 3 aromatic rings. The highest BCUT2D eigenvalue weighted by Crippen LogP contribution is 2.34. The van der Waals surface area contributed by atoms with Gasteiger partial charge in [-0.1, -0.05) is 24.3 Å². The molecule has 0 amide bonds. The van der Waals surface area contributed by atoms with Crippen molar-refractivity contribution in [3.05, 3.63) is 48.5 Å². The SMILES string of the molecule is CC(C)Nc1ccccc1-c1nc2ccccc2s1. The van der Waals surface area contributed by atoms with E-state index in [1.807, 2.05) is 6.07 Å². The second kappa shape index (κ2) is 5.02. The molecule has 0 radical (unpaired) electrons. The zero-order valence-corrected chi connectivity index (χ0v) is 11.9. The highest BCUT2D eigenvalue weighted by molar-refractivity contribution is 7.21. The molecule has 0 saturated heterocycles. The zero-order chi connectivity index (χ0) is 13.2. The van der Waals surface area contributed by atoms with Crippen LogP contribution in [0.25, 0.3) is 20.8 Å². The van der Waals surface area contributed by atoms with Gasteiger partial charge in [-0.05, 0) is 38.1 Å². The Balaban J connectivity index is 2.10. The minimum atomic E-state index is 0.413. The van der Waals surface area contributed by atoms with Gasteiger partial charge in [0.25, 0.3) is 0 Å². The average Bonchev–Trinajstić information content (AvgIpc) is 2.82.